The number of esters is 2. The Hall–Kier alpha value is -3.41. The number of rotatable bonds is 5. The Bertz CT molecular complexity index is 1000. The Morgan fingerprint density at radius 3 is 2.27 bits per heavy atom. The predicted octanol–water partition coefficient (Wildman–Crippen LogP) is 3.36. The summed E-state index contributed by atoms with van der Waals surface area (Å²) < 4.78 is 9.83. The van der Waals surface area contributed by atoms with Crippen molar-refractivity contribution in [1.82, 2.24) is 4.98 Å². The number of carbonyl (C=O) groups excluding carboxylic acids is 3. The van der Waals surface area contributed by atoms with E-state index in [0.717, 1.165) is 0 Å². The number of para-hydroxylation sites is 1. The van der Waals surface area contributed by atoms with Gasteiger partial charge in [0.05, 0.1) is 24.8 Å². The molecule has 132 valence electrons. The molecular weight excluding hydrogens is 334 g/mol. The van der Waals surface area contributed by atoms with E-state index in [-0.39, 0.29) is 29.0 Å². The molecule has 3 rings (SSSR count). The minimum Gasteiger partial charge on any atom is -0.465 e. The summed E-state index contributed by atoms with van der Waals surface area (Å²) in [5.74, 6) is -1.69. The standard InChI is InChI=1S/C20H17NO5/c1-3-26-20(24)17-16(14-10-6-7-11-15(14)21-17)18(22)12-8-4-5-9-13(12)19(23)25-2/h4-11,21H,3H2,1-2H3. The molecule has 0 aliphatic heterocycles. The normalized spacial score (nSPS) is 10.5. The van der Waals surface area contributed by atoms with Crippen LogP contribution in [-0.2, 0) is 9.47 Å². The van der Waals surface area contributed by atoms with Crippen LogP contribution in [0.15, 0.2) is 48.5 Å². The summed E-state index contributed by atoms with van der Waals surface area (Å²) in [6, 6.07) is 13.4. The number of ketones is 1. The Kier molecular flexibility index (Phi) is 4.84. The van der Waals surface area contributed by atoms with Crippen LogP contribution in [-0.4, -0.2) is 36.4 Å². The lowest BCUT2D eigenvalue weighted by molar-refractivity contribution is 0.0517. The molecule has 26 heavy (non-hydrogen) atoms. The zero-order chi connectivity index (χ0) is 18.7. The van der Waals surface area contributed by atoms with Gasteiger partial charge in [-0.3, -0.25) is 4.79 Å². The number of carbonyl (C=O) groups is 3. The molecule has 0 saturated heterocycles. The second-order valence-electron chi connectivity index (χ2n) is 5.51. The molecule has 2 aromatic carbocycles. The van der Waals surface area contributed by atoms with Crippen molar-refractivity contribution < 1.29 is 23.9 Å². The Balaban J connectivity index is 2.22. The molecule has 0 spiro atoms. The van der Waals surface area contributed by atoms with Crippen LogP contribution in [0.2, 0.25) is 0 Å². The van der Waals surface area contributed by atoms with Crippen LogP contribution >= 0.6 is 0 Å². The second-order valence-corrected chi connectivity index (χ2v) is 5.51. The van der Waals surface area contributed by atoms with Crippen LogP contribution in [0.25, 0.3) is 10.9 Å². The first-order valence-corrected chi connectivity index (χ1v) is 8.08. The fourth-order valence-corrected chi connectivity index (χ4v) is 2.84. The highest BCUT2D eigenvalue weighted by Crippen LogP contribution is 2.27. The number of hydrogen-bond donors (Lipinski definition) is 1. The first kappa shape index (κ1) is 17.4. The van der Waals surface area contributed by atoms with Crippen molar-refractivity contribution in [3.05, 3.63) is 70.9 Å². The number of benzene rings is 2. The summed E-state index contributed by atoms with van der Waals surface area (Å²) in [7, 11) is 1.25. The van der Waals surface area contributed by atoms with Crippen molar-refractivity contribution in [1.29, 1.82) is 0 Å². The number of ether oxygens (including phenoxy) is 2. The first-order chi connectivity index (χ1) is 12.6. The van der Waals surface area contributed by atoms with E-state index < -0.39 is 17.7 Å². The van der Waals surface area contributed by atoms with Crippen LogP contribution < -0.4 is 0 Å². The van der Waals surface area contributed by atoms with Gasteiger partial charge in [-0.05, 0) is 19.1 Å². The van der Waals surface area contributed by atoms with Gasteiger partial charge in [0.2, 0.25) is 0 Å². The lowest BCUT2D eigenvalue weighted by Gasteiger charge is -2.08. The van der Waals surface area contributed by atoms with E-state index in [4.69, 9.17) is 9.47 Å². The molecular formula is C20H17NO5. The van der Waals surface area contributed by atoms with Gasteiger partial charge in [-0.2, -0.15) is 0 Å². The predicted molar refractivity (Wildman–Crippen MR) is 95.5 cm³/mol. The molecule has 0 unspecified atom stereocenters. The maximum absolute atomic E-state index is 13.3. The summed E-state index contributed by atoms with van der Waals surface area (Å²) in [6.45, 7) is 1.87. The molecule has 0 radical (unpaired) electrons. The second kappa shape index (κ2) is 7.23. The van der Waals surface area contributed by atoms with Gasteiger partial charge in [0.25, 0.3) is 0 Å². The van der Waals surface area contributed by atoms with E-state index in [9.17, 15) is 14.4 Å². The van der Waals surface area contributed by atoms with Gasteiger partial charge < -0.3 is 14.5 Å². The maximum Gasteiger partial charge on any atom is 0.355 e. The van der Waals surface area contributed by atoms with Gasteiger partial charge in [0.1, 0.15) is 5.69 Å². The number of methoxy groups -OCH3 is 1. The molecule has 0 fully saturated rings. The molecule has 6 heteroatoms. The average Bonchev–Trinajstić information content (AvgIpc) is 3.06. The van der Waals surface area contributed by atoms with Crippen LogP contribution in [0.3, 0.4) is 0 Å². The lowest BCUT2D eigenvalue weighted by atomic mass is 9.96. The number of H-pyrrole nitrogens is 1. The van der Waals surface area contributed by atoms with Crippen molar-refractivity contribution >= 4 is 28.6 Å². The molecule has 1 heterocycles. The zero-order valence-electron chi connectivity index (χ0n) is 14.4. The monoisotopic (exact) mass is 351 g/mol. The third-order valence-corrected chi connectivity index (χ3v) is 3.99. The van der Waals surface area contributed by atoms with Crippen molar-refractivity contribution in [3.8, 4) is 0 Å². The van der Waals surface area contributed by atoms with Gasteiger partial charge in [0, 0.05) is 16.5 Å². The van der Waals surface area contributed by atoms with Gasteiger partial charge in [-0.25, -0.2) is 9.59 Å². The van der Waals surface area contributed by atoms with Crippen LogP contribution in [0.4, 0.5) is 0 Å². The molecule has 0 aliphatic carbocycles. The first-order valence-electron chi connectivity index (χ1n) is 8.08. The Labute approximate surface area is 149 Å². The molecule has 0 saturated carbocycles. The highest BCUT2D eigenvalue weighted by atomic mass is 16.5. The summed E-state index contributed by atoms with van der Waals surface area (Å²) in [4.78, 5) is 40.6. The Morgan fingerprint density at radius 2 is 1.58 bits per heavy atom. The summed E-state index contributed by atoms with van der Waals surface area (Å²) in [5.41, 5.74) is 1.18. The van der Waals surface area contributed by atoms with Gasteiger partial charge in [-0.1, -0.05) is 36.4 Å². The van der Waals surface area contributed by atoms with Crippen LogP contribution in [0.5, 0.6) is 0 Å². The van der Waals surface area contributed by atoms with Crippen LogP contribution in [0, 0.1) is 0 Å². The molecule has 0 aliphatic rings. The summed E-state index contributed by atoms with van der Waals surface area (Å²) in [6.07, 6.45) is 0. The van der Waals surface area contributed by atoms with E-state index in [0.29, 0.717) is 10.9 Å². The third kappa shape index (κ3) is 2.97. The highest BCUT2D eigenvalue weighted by Gasteiger charge is 2.27. The van der Waals surface area contributed by atoms with Gasteiger partial charge in [0.15, 0.2) is 5.78 Å². The van der Waals surface area contributed by atoms with E-state index in [2.05, 4.69) is 4.98 Å². The zero-order valence-corrected chi connectivity index (χ0v) is 14.4. The van der Waals surface area contributed by atoms with Crippen molar-refractivity contribution in [2.75, 3.05) is 13.7 Å². The number of fused-ring (bicyclic) bond motifs is 1. The fraction of sp³-hybridized carbons (Fsp3) is 0.150. The average molecular weight is 351 g/mol. The molecule has 1 aromatic heterocycles. The molecule has 0 bridgehead atoms. The number of aromatic amines is 1. The molecule has 6 nitrogen and oxygen atoms in total. The summed E-state index contributed by atoms with van der Waals surface area (Å²) >= 11 is 0. The number of hydrogen-bond acceptors (Lipinski definition) is 5. The lowest BCUT2D eigenvalue weighted by Crippen LogP contribution is -2.15. The molecule has 3 aromatic rings. The largest absolute Gasteiger partial charge is 0.465 e. The highest BCUT2D eigenvalue weighted by molar-refractivity contribution is 6.23. The van der Waals surface area contributed by atoms with Crippen LogP contribution in [0.1, 0.15) is 43.7 Å². The van der Waals surface area contributed by atoms with E-state index in [1.165, 1.54) is 19.2 Å². The maximum atomic E-state index is 13.3. The minimum atomic E-state index is -0.623. The van der Waals surface area contributed by atoms with Crippen molar-refractivity contribution in [3.63, 3.8) is 0 Å². The van der Waals surface area contributed by atoms with Gasteiger partial charge in [-0.15, -0.1) is 0 Å². The fourth-order valence-electron chi connectivity index (χ4n) is 2.84. The number of nitrogens with one attached hydrogen (secondary N) is 1. The van der Waals surface area contributed by atoms with E-state index >= 15 is 0 Å². The minimum absolute atomic E-state index is 0.0673. The quantitative estimate of drug-likeness (QED) is 0.563. The van der Waals surface area contributed by atoms with E-state index in [1.807, 2.05) is 0 Å². The Morgan fingerprint density at radius 1 is 0.923 bits per heavy atom. The smallest absolute Gasteiger partial charge is 0.355 e. The van der Waals surface area contributed by atoms with E-state index in [1.54, 1.807) is 43.3 Å². The van der Waals surface area contributed by atoms with Gasteiger partial charge >= 0.3 is 11.9 Å². The summed E-state index contributed by atoms with van der Waals surface area (Å²) in [5, 5.41) is 0.584. The number of aromatic nitrogens is 1. The van der Waals surface area contributed by atoms with Crippen molar-refractivity contribution in [2.45, 2.75) is 6.92 Å². The third-order valence-electron chi connectivity index (χ3n) is 3.99. The molecule has 0 amide bonds. The van der Waals surface area contributed by atoms with Crippen molar-refractivity contribution in [2.24, 2.45) is 0 Å². The SMILES string of the molecule is CCOC(=O)c1[nH]c2ccccc2c1C(=O)c1ccccc1C(=O)OC. The molecule has 1 N–H and O–H groups in total. The molecule has 0 atom stereocenters. The topological polar surface area (TPSA) is 85.5 Å².